The quantitative estimate of drug-likeness (QED) is 0.214. The third kappa shape index (κ3) is 3.98. The Balaban J connectivity index is 1.28. The molecule has 0 radical (unpaired) electrons. The monoisotopic (exact) mass is 526 g/mol. The topological polar surface area (TPSA) is 0 Å². The standard InChI is InChI=1S/C41H34/c1-27-19-21-30(22-20-27)33-13-9-15-35(28(33)2)36-16-10-14-34(29(36)3)31-23-25-32(26-24-31)41(4)39-17-7-5-11-37(39)38-12-6-8-18-40(38)41/h5-26H,1-4H3. The summed E-state index contributed by atoms with van der Waals surface area (Å²) in [6, 6.07) is 49.3. The van der Waals surface area contributed by atoms with Crippen molar-refractivity contribution in [1.82, 2.24) is 0 Å². The Morgan fingerprint density at radius 2 is 0.756 bits per heavy atom. The molecule has 0 N–H and O–H groups in total. The fraction of sp³-hybridized carbons (Fsp3) is 0.122. The first-order valence-electron chi connectivity index (χ1n) is 14.5. The molecule has 0 aliphatic heterocycles. The number of hydrogen-bond acceptors (Lipinski definition) is 0. The van der Waals surface area contributed by atoms with E-state index >= 15 is 0 Å². The first-order valence-corrected chi connectivity index (χ1v) is 14.5. The molecule has 0 unspecified atom stereocenters. The van der Waals surface area contributed by atoms with E-state index in [-0.39, 0.29) is 5.41 Å². The lowest BCUT2D eigenvalue weighted by atomic mass is 9.74. The smallest absolute Gasteiger partial charge is 0.0435 e. The van der Waals surface area contributed by atoms with E-state index in [0.29, 0.717) is 0 Å². The van der Waals surface area contributed by atoms with Gasteiger partial charge in [0.2, 0.25) is 0 Å². The molecule has 6 aromatic carbocycles. The zero-order valence-corrected chi connectivity index (χ0v) is 24.2. The van der Waals surface area contributed by atoms with Gasteiger partial charge in [-0.3, -0.25) is 0 Å². The molecule has 0 heterocycles. The van der Waals surface area contributed by atoms with Crippen LogP contribution in [0.4, 0.5) is 0 Å². The summed E-state index contributed by atoms with van der Waals surface area (Å²) in [6.45, 7) is 9.04. The van der Waals surface area contributed by atoms with Crippen molar-refractivity contribution >= 4 is 0 Å². The number of rotatable bonds is 4. The summed E-state index contributed by atoms with van der Waals surface area (Å²) in [6.07, 6.45) is 0. The molecule has 6 aromatic rings. The predicted molar refractivity (Wildman–Crippen MR) is 174 cm³/mol. The summed E-state index contributed by atoms with van der Waals surface area (Å²) in [4.78, 5) is 0. The van der Waals surface area contributed by atoms with Crippen LogP contribution in [0.3, 0.4) is 0 Å². The molecule has 0 atom stereocenters. The highest BCUT2D eigenvalue weighted by Crippen LogP contribution is 2.52. The minimum absolute atomic E-state index is 0.170. The van der Waals surface area contributed by atoms with Crippen molar-refractivity contribution in [2.45, 2.75) is 33.1 Å². The molecule has 0 nitrogen and oxygen atoms in total. The average Bonchev–Trinajstić information content (AvgIpc) is 3.28. The molecule has 0 fully saturated rings. The van der Waals surface area contributed by atoms with Crippen LogP contribution in [0.5, 0.6) is 0 Å². The van der Waals surface area contributed by atoms with Gasteiger partial charge in [-0.1, -0.05) is 139 Å². The lowest BCUT2D eigenvalue weighted by Gasteiger charge is -2.28. The maximum atomic E-state index is 2.38. The van der Waals surface area contributed by atoms with Gasteiger partial charge in [0.1, 0.15) is 0 Å². The van der Waals surface area contributed by atoms with Crippen LogP contribution in [0.1, 0.15) is 40.3 Å². The third-order valence-corrected chi connectivity index (χ3v) is 9.32. The van der Waals surface area contributed by atoms with Crippen molar-refractivity contribution in [2.24, 2.45) is 0 Å². The van der Waals surface area contributed by atoms with E-state index in [9.17, 15) is 0 Å². The molecule has 0 aromatic heterocycles. The van der Waals surface area contributed by atoms with E-state index in [0.717, 1.165) is 0 Å². The fourth-order valence-electron chi connectivity index (χ4n) is 6.96. The Kier molecular flexibility index (Phi) is 6.02. The first kappa shape index (κ1) is 25.3. The molecule has 0 bridgehead atoms. The summed E-state index contributed by atoms with van der Waals surface area (Å²) in [5.41, 5.74) is 18.2. The highest BCUT2D eigenvalue weighted by molar-refractivity contribution is 5.85. The molecular formula is C41H34. The molecule has 0 heteroatoms. The van der Waals surface area contributed by atoms with Gasteiger partial charge in [0.05, 0.1) is 0 Å². The van der Waals surface area contributed by atoms with Crippen LogP contribution in [0.25, 0.3) is 44.5 Å². The maximum absolute atomic E-state index is 2.38. The Morgan fingerprint density at radius 1 is 0.366 bits per heavy atom. The van der Waals surface area contributed by atoms with Gasteiger partial charge in [-0.2, -0.15) is 0 Å². The molecule has 41 heavy (non-hydrogen) atoms. The van der Waals surface area contributed by atoms with Crippen LogP contribution in [0, 0.1) is 20.8 Å². The van der Waals surface area contributed by atoms with Crippen molar-refractivity contribution in [3.8, 4) is 44.5 Å². The van der Waals surface area contributed by atoms with Crippen molar-refractivity contribution in [2.75, 3.05) is 0 Å². The molecule has 7 rings (SSSR count). The fourth-order valence-corrected chi connectivity index (χ4v) is 6.96. The van der Waals surface area contributed by atoms with Crippen LogP contribution in [-0.2, 0) is 5.41 Å². The van der Waals surface area contributed by atoms with Crippen LogP contribution in [-0.4, -0.2) is 0 Å². The van der Waals surface area contributed by atoms with Gasteiger partial charge < -0.3 is 0 Å². The van der Waals surface area contributed by atoms with Crippen LogP contribution in [0.2, 0.25) is 0 Å². The molecule has 198 valence electrons. The number of benzene rings is 6. The highest BCUT2D eigenvalue weighted by atomic mass is 14.4. The number of fused-ring (bicyclic) bond motifs is 3. The van der Waals surface area contributed by atoms with Crippen LogP contribution >= 0.6 is 0 Å². The summed E-state index contributed by atoms with van der Waals surface area (Å²) in [5.74, 6) is 0. The van der Waals surface area contributed by atoms with Crippen molar-refractivity contribution in [1.29, 1.82) is 0 Å². The first-order chi connectivity index (χ1) is 20.0. The molecule has 0 amide bonds. The molecule has 1 aliphatic carbocycles. The van der Waals surface area contributed by atoms with E-state index in [4.69, 9.17) is 0 Å². The number of hydrogen-bond donors (Lipinski definition) is 0. The second kappa shape index (κ2) is 9.75. The van der Waals surface area contributed by atoms with E-state index in [1.807, 2.05) is 0 Å². The third-order valence-electron chi connectivity index (χ3n) is 9.32. The molecule has 1 aliphatic rings. The van der Waals surface area contributed by atoms with Crippen LogP contribution < -0.4 is 0 Å². The Hall–Kier alpha value is -4.68. The second-order valence-electron chi connectivity index (χ2n) is 11.6. The van der Waals surface area contributed by atoms with E-state index < -0.39 is 0 Å². The van der Waals surface area contributed by atoms with Gasteiger partial charge in [-0.25, -0.2) is 0 Å². The van der Waals surface area contributed by atoms with E-state index in [1.165, 1.54) is 77.9 Å². The van der Waals surface area contributed by atoms with Crippen molar-refractivity contribution in [3.05, 3.63) is 167 Å². The highest BCUT2D eigenvalue weighted by Gasteiger charge is 2.40. The summed E-state index contributed by atoms with van der Waals surface area (Å²) in [5, 5.41) is 0. The predicted octanol–water partition coefficient (Wildman–Crippen LogP) is 10.9. The van der Waals surface area contributed by atoms with Gasteiger partial charge in [0.15, 0.2) is 0 Å². The van der Waals surface area contributed by atoms with Gasteiger partial charge >= 0.3 is 0 Å². The minimum atomic E-state index is -0.170. The Morgan fingerprint density at radius 3 is 1.24 bits per heavy atom. The van der Waals surface area contributed by atoms with Gasteiger partial charge in [0, 0.05) is 5.41 Å². The second-order valence-corrected chi connectivity index (χ2v) is 11.6. The van der Waals surface area contributed by atoms with Gasteiger partial charge in [0.25, 0.3) is 0 Å². The molecule has 0 saturated heterocycles. The molecule has 0 spiro atoms. The zero-order valence-electron chi connectivity index (χ0n) is 24.2. The van der Waals surface area contributed by atoms with Crippen LogP contribution in [0.15, 0.2) is 133 Å². The lowest BCUT2D eigenvalue weighted by molar-refractivity contribution is 0.714. The maximum Gasteiger partial charge on any atom is 0.0435 e. The molecular weight excluding hydrogens is 492 g/mol. The van der Waals surface area contributed by atoms with Gasteiger partial charge in [-0.15, -0.1) is 0 Å². The van der Waals surface area contributed by atoms with Crippen molar-refractivity contribution < 1.29 is 0 Å². The lowest BCUT2D eigenvalue weighted by Crippen LogP contribution is -2.22. The van der Waals surface area contributed by atoms with E-state index in [1.54, 1.807) is 0 Å². The largest absolute Gasteiger partial charge is 0.0619 e. The summed E-state index contributed by atoms with van der Waals surface area (Å²) in [7, 11) is 0. The SMILES string of the molecule is Cc1ccc(-c2cccc(-c3cccc(-c4ccc(C5(C)c6ccccc6-c6ccccc65)cc4)c3C)c2C)cc1. The normalized spacial score (nSPS) is 13.1. The summed E-state index contributed by atoms with van der Waals surface area (Å²) < 4.78 is 0. The van der Waals surface area contributed by atoms with Gasteiger partial charge in [-0.05, 0) is 100 Å². The van der Waals surface area contributed by atoms with Crippen molar-refractivity contribution in [3.63, 3.8) is 0 Å². The number of aryl methyl sites for hydroxylation is 1. The summed E-state index contributed by atoms with van der Waals surface area (Å²) >= 11 is 0. The molecule has 0 saturated carbocycles. The minimum Gasteiger partial charge on any atom is -0.0619 e. The Bertz CT molecular complexity index is 1860. The Labute approximate surface area is 244 Å². The van der Waals surface area contributed by atoms with E-state index in [2.05, 4.69) is 161 Å². The zero-order chi connectivity index (χ0) is 28.1. The average molecular weight is 527 g/mol.